The maximum Gasteiger partial charge on any atom is 0.266 e. The van der Waals surface area contributed by atoms with E-state index >= 15 is 0 Å². The minimum Gasteiger partial charge on any atom is -0.306 e. The summed E-state index contributed by atoms with van der Waals surface area (Å²) in [6.45, 7) is 1.79. The zero-order valence-corrected chi connectivity index (χ0v) is 14.2. The van der Waals surface area contributed by atoms with E-state index < -0.39 is 0 Å². The average molecular weight is 355 g/mol. The highest BCUT2D eigenvalue weighted by Crippen LogP contribution is 2.17. The standard InChI is InChI=1S/C15H13N7O2S/c1-8-6-11(17-14(24)10-4-3-5-25-10)22(20-8)15-18-12-9(13(23)19-15)7-16-21(12)2/h3-7H,1-2H3,(H,17,24)(H,18,19,23). The van der Waals surface area contributed by atoms with Gasteiger partial charge in [-0.15, -0.1) is 11.3 Å². The molecule has 0 atom stereocenters. The van der Waals surface area contributed by atoms with E-state index in [-0.39, 0.29) is 17.4 Å². The number of aromatic amines is 1. The molecule has 0 fully saturated rings. The molecule has 4 rings (SSSR count). The first kappa shape index (κ1) is 15.3. The van der Waals surface area contributed by atoms with Gasteiger partial charge in [0.25, 0.3) is 11.5 Å². The molecule has 4 aromatic heterocycles. The van der Waals surface area contributed by atoms with E-state index in [4.69, 9.17) is 0 Å². The van der Waals surface area contributed by atoms with Gasteiger partial charge in [-0.2, -0.15) is 19.9 Å². The highest BCUT2D eigenvalue weighted by molar-refractivity contribution is 7.12. The van der Waals surface area contributed by atoms with Gasteiger partial charge in [0.2, 0.25) is 5.95 Å². The number of rotatable bonds is 3. The largest absolute Gasteiger partial charge is 0.306 e. The number of anilines is 1. The molecular formula is C15H13N7O2S. The molecule has 0 saturated carbocycles. The van der Waals surface area contributed by atoms with Crippen LogP contribution in [0, 0.1) is 6.92 Å². The van der Waals surface area contributed by atoms with Crippen molar-refractivity contribution in [3.8, 4) is 5.95 Å². The molecule has 0 aliphatic heterocycles. The van der Waals surface area contributed by atoms with Gasteiger partial charge in [0.15, 0.2) is 5.65 Å². The molecule has 126 valence electrons. The van der Waals surface area contributed by atoms with Gasteiger partial charge in [-0.1, -0.05) is 6.07 Å². The molecule has 4 aromatic rings. The molecule has 9 nitrogen and oxygen atoms in total. The summed E-state index contributed by atoms with van der Waals surface area (Å²) in [7, 11) is 1.70. The Morgan fingerprint density at radius 2 is 2.24 bits per heavy atom. The third kappa shape index (κ3) is 2.62. The first-order valence-corrected chi connectivity index (χ1v) is 8.25. The summed E-state index contributed by atoms with van der Waals surface area (Å²) in [6, 6.07) is 5.24. The van der Waals surface area contributed by atoms with Crippen molar-refractivity contribution < 1.29 is 4.79 Å². The van der Waals surface area contributed by atoms with E-state index in [0.717, 1.165) is 0 Å². The van der Waals surface area contributed by atoms with Crippen molar-refractivity contribution in [2.24, 2.45) is 7.05 Å². The van der Waals surface area contributed by atoms with Crippen molar-refractivity contribution in [1.29, 1.82) is 0 Å². The number of hydrogen-bond acceptors (Lipinski definition) is 6. The Morgan fingerprint density at radius 1 is 1.40 bits per heavy atom. The summed E-state index contributed by atoms with van der Waals surface area (Å²) < 4.78 is 2.91. The fourth-order valence-corrected chi connectivity index (χ4v) is 3.08. The van der Waals surface area contributed by atoms with Crippen molar-refractivity contribution >= 4 is 34.1 Å². The van der Waals surface area contributed by atoms with Gasteiger partial charge in [-0.3, -0.25) is 19.3 Å². The second kappa shape index (κ2) is 5.67. The zero-order valence-electron chi connectivity index (χ0n) is 13.3. The van der Waals surface area contributed by atoms with Crippen LogP contribution in [-0.4, -0.2) is 35.4 Å². The fraction of sp³-hybridized carbons (Fsp3) is 0.133. The van der Waals surface area contributed by atoms with Gasteiger partial charge in [-0.05, 0) is 18.4 Å². The number of amides is 1. The highest BCUT2D eigenvalue weighted by atomic mass is 32.1. The zero-order chi connectivity index (χ0) is 17.6. The maximum atomic E-state index is 12.3. The van der Waals surface area contributed by atoms with Gasteiger partial charge in [0.1, 0.15) is 11.2 Å². The molecule has 25 heavy (non-hydrogen) atoms. The third-order valence-corrected chi connectivity index (χ3v) is 4.48. The second-order valence-corrected chi connectivity index (χ2v) is 6.36. The Balaban J connectivity index is 1.80. The smallest absolute Gasteiger partial charge is 0.266 e. The molecule has 0 aliphatic rings. The topological polar surface area (TPSA) is 110 Å². The molecule has 4 heterocycles. The van der Waals surface area contributed by atoms with Gasteiger partial charge in [-0.25, -0.2) is 0 Å². The normalized spacial score (nSPS) is 11.1. The van der Waals surface area contributed by atoms with Crippen LogP contribution in [0.4, 0.5) is 5.82 Å². The number of carbonyl (C=O) groups excluding carboxylic acids is 1. The molecule has 0 aliphatic carbocycles. The van der Waals surface area contributed by atoms with E-state index in [0.29, 0.717) is 27.4 Å². The number of nitrogens with one attached hydrogen (secondary N) is 2. The molecule has 0 aromatic carbocycles. The number of H-pyrrole nitrogens is 1. The summed E-state index contributed by atoms with van der Waals surface area (Å²) in [5.74, 6) is 0.372. The number of aromatic nitrogens is 6. The monoisotopic (exact) mass is 355 g/mol. The Morgan fingerprint density at radius 3 is 3.00 bits per heavy atom. The lowest BCUT2D eigenvalue weighted by Gasteiger charge is -2.07. The van der Waals surface area contributed by atoms with Crippen LogP contribution < -0.4 is 10.9 Å². The third-order valence-electron chi connectivity index (χ3n) is 3.61. The highest BCUT2D eigenvalue weighted by Gasteiger charge is 2.16. The van der Waals surface area contributed by atoms with Gasteiger partial charge < -0.3 is 5.32 Å². The first-order chi connectivity index (χ1) is 12.0. The molecular weight excluding hydrogens is 342 g/mol. The van der Waals surface area contributed by atoms with E-state index in [2.05, 4.69) is 25.5 Å². The fourth-order valence-electron chi connectivity index (χ4n) is 2.46. The molecule has 0 spiro atoms. The number of fused-ring (bicyclic) bond motifs is 1. The molecule has 1 amide bonds. The number of nitrogens with zero attached hydrogens (tertiary/aromatic N) is 5. The van der Waals surface area contributed by atoms with Crippen LogP contribution in [0.15, 0.2) is 34.6 Å². The maximum absolute atomic E-state index is 12.3. The summed E-state index contributed by atoms with van der Waals surface area (Å²) in [4.78, 5) is 32.2. The van der Waals surface area contributed by atoms with Crippen LogP contribution in [0.1, 0.15) is 15.4 Å². The number of thiophene rings is 1. The minimum absolute atomic E-state index is 0.204. The second-order valence-electron chi connectivity index (χ2n) is 5.41. The lowest BCUT2D eigenvalue weighted by Crippen LogP contribution is -2.18. The number of carbonyl (C=O) groups is 1. The lowest BCUT2D eigenvalue weighted by molar-refractivity contribution is 0.103. The van der Waals surface area contributed by atoms with Crippen LogP contribution in [-0.2, 0) is 7.05 Å². The van der Waals surface area contributed by atoms with Crippen molar-refractivity contribution in [3.63, 3.8) is 0 Å². The van der Waals surface area contributed by atoms with E-state index in [1.807, 2.05) is 5.38 Å². The molecule has 0 radical (unpaired) electrons. The summed E-state index contributed by atoms with van der Waals surface area (Å²) >= 11 is 1.34. The van der Waals surface area contributed by atoms with E-state index in [1.165, 1.54) is 26.9 Å². The minimum atomic E-state index is -0.322. The quantitative estimate of drug-likeness (QED) is 0.578. The van der Waals surface area contributed by atoms with Gasteiger partial charge in [0, 0.05) is 13.1 Å². The van der Waals surface area contributed by atoms with E-state index in [9.17, 15) is 9.59 Å². The Hall–Kier alpha value is -3.27. The van der Waals surface area contributed by atoms with Crippen molar-refractivity contribution in [1.82, 2.24) is 29.5 Å². The van der Waals surface area contributed by atoms with Crippen molar-refractivity contribution in [3.05, 3.63) is 50.7 Å². The summed E-state index contributed by atoms with van der Waals surface area (Å²) in [5, 5.41) is 13.4. The average Bonchev–Trinajstić information content (AvgIpc) is 3.29. The number of aryl methyl sites for hydroxylation is 2. The Labute approximate surface area is 144 Å². The SMILES string of the molecule is Cc1cc(NC(=O)c2cccs2)n(-c2nc3c(cnn3C)c(=O)[nH]2)n1. The molecule has 0 saturated heterocycles. The Bertz CT molecular complexity index is 1140. The van der Waals surface area contributed by atoms with Crippen LogP contribution >= 0.6 is 11.3 Å². The van der Waals surface area contributed by atoms with Crippen molar-refractivity contribution in [2.45, 2.75) is 6.92 Å². The van der Waals surface area contributed by atoms with Crippen LogP contribution in [0.5, 0.6) is 0 Å². The van der Waals surface area contributed by atoms with Crippen molar-refractivity contribution in [2.75, 3.05) is 5.32 Å². The predicted octanol–water partition coefficient (Wildman–Crippen LogP) is 1.46. The van der Waals surface area contributed by atoms with Crippen LogP contribution in [0.2, 0.25) is 0 Å². The van der Waals surface area contributed by atoms with Gasteiger partial charge >= 0.3 is 0 Å². The lowest BCUT2D eigenvalue weighted by atomic mass is 10.4. The summed E-state index contributed by atoms with van der Waals surface area (Å²) in [6.07, 6.45) is 1.46. The Kier molecular flexibility index (Phi) is 3.46. The molecule has 2 N–H and O–H groups in total. The van der Waals surface area contributed by atoms with Crippen LogP contribution in [0.3, 0.4) is 0 Å². The van der Waals surface area contributed by atoms with Gasteiger partial charge in [0.05, 0.1) is 16.8 Å². The first-order valence-electron chi connectivity index (χ1n) is 7.37. The molecule has 0 unspecified atom stereocenters. The van der Waals surface area contributed by atoms with Crippen LogP contribution in [0.25, 0.3) is 17.0 Å². The predicted molar refractivity (Wildman–Crippen MR) is 93.3 cm³/mol. The number of hydrogen-bond donors (Lipinski definition) is 2. The summed E-state index contributed by atoms with van der Waals surface area (Å²) in [5.41, 5.74) is 0.786. The molecule has 0 bridgehead atoms. The van der Waals surface area contributed by atoms with E-state index in [1.54, 1.807) is 32.2 Å². The molecule has 10 heteroatoms.